The van der Waals surface area contributed by atoms with Crippen LogP contribution in [0.2, 0.25) is 5.02 Å². The Bertz CT molecular complexity index is 533. The molecule has 0 heterocycles. The summed E-state index contributed by atoms with van der Waals surface area (Å²) in [4.78, 5) is 15.0. The van der Waals surface area contributed by atoms with E-state index in [0.717, 1.165) is 42.7 Å². The van der Waals surface area contributed by atoms with Crippen LogP contribution in [0.15, 0.2) is 24.3 Å². The molecular formula is C17H24Cl2N2O. The first-order valence-corrected chi connectivity index (χ1v) is 8.28. The molecule has 3 atom stereocenters. The molecule has 0 aliphatic heterocycles. The minimum absolute atomic E-state index is 0. The molecule has 1 aromatic rings. The number of hydrogen-bond donors (Lipinski definition) is 1. The maximum atomic E-state index is 12.9. The van der Waals surface area contributed by atoms with Crippen molar-refractivity contribution in [1.82, 2.24) is 4.90 Å². The Morgan fingerprint density at radius 2 is 1.95 bits per heavy atom. The summed E-state index contributed by atoms with van der Waals surface area (Å²) in [7, 11) is 0. The van der Waals surface area contributed by atoms with Crippen LogP contribution in [-0.2, 0) is 4.79 Å². The maximum Gasteiger partial charge on any atom is 0.226 e. The van der Waals surface area contributed by atoms with Gasteiger partial charge in [0.2, 0.25) is 5.91 Å². The Morgan fingerprint density at radius 1 is 1.27 bits per heavy atom. The van der Waals surface area contributed by atoms with Crippen molar-refractivity contribution in [3.05, 3.63) is 34.9 Å². The van der Waals surface area contributed by atoms with Gasteiger partial charge in [-0.1, -0.05) is 29.8 Å². The molecule has 3 unspecified atom stereocenters. The molecule has 122 valence electrons. The lowest BCUT2D eigenvalue weighted by Crippen LogP contribution is -2.39. The SMILES string of the molecule is CC(c1ccccc1Cl)N(C(=O)C1CCC(N)C1)C1CC1.Cl. The van der Waals surface area contributed by atoms with E-state index in [9.17, 15) is 4.79 Å². The largest absolute Gasteiger partial charge is 0.333 e. The van der Waals surface area contributed by atoms with Gasteiger partial charge in [-0.25, -0.2) is 0 Å². The lowest BCUT2D eigenvalue weighted by molar-refractivity contribution is -0.138. The zero-order chi connectivity index (χ0) is 15.0. The van der Waals surface area contributed by atoms with Gasteiger partial charge in [0.25, 0.3) is 0 Å². The quantitative estimate of drug-likeness (QED) is 0.900. The molecule has 0 radical (unpaired) electrons. The zero-order valence-corrected chi connectivity index (χ0v) is 14.4. The van der Waals surface area contributed by atoms with Crippen molar-refractivity contribution >= 4 is 29.9 Å². The lowest BCUT2D eigenvalue weighted by atomic mass is 10.0. The molecule has 0 spiro atoms. The van der Waals surface area contributed by atoms with Gasteiger partial charge >= 0.3 is 0 Å². The third-order valence-electron chi connectivity index (χ3n) is 4.79. The number of halogens is 2. The molecule has 2 N–H and O–H groups in total. The van der Waals surface area contributed by atoms with E-state index >= 15 is 0 Å². The number of benzene rings is 1. The molecule has 0 bridgehead atoms. The van der Waals surface area contributed by atoms with Crippen molar-refractivity contribution in [2.75, 3.05) is 0 Å². The summed E-state index contributed by atoms with van der Waals surface area (Å²) in [5, 5.41) is 0.742. The normalized spacial score (nSPS) is 25.4. The predicted octanol–water partition coefficient (Wildman–Crippen LogP) is 3.94. The summed E-state index contributed by atoms with van der Waals surface area (Å²) in [5.41, 5.74) is 7.02. The second kappa shape index (κ2) is 7.20. The van der Waals surface area contributed by atoms with Crippen LogP contribution in [0.1, 0.15) is 50.6 Å². The molecule has 0 aromatic heterocycles. The van der Waals surface area contributed by atoms with Gasteiger partial charge in [0.05, 0.1) is 6.04 Å². The van der Waals surface area contributed by atoms with E-state index in [1.165, 1.54) is 0 Å². The molecule has 2 fully saturated rings. The molecule has 2 aliphatic carbocycles. The minimum Gasteiger partial charge on any atom is -0.333 e. The number of amides is 1. The number of rotatable bonds is 4. The van der Waals surface area contributed by atoms with E-state index in [-0.39, 0.29) is 36.3 Å². The van der Waals surface area contributed by atoms with Crippen molar-refractivity contribution in [3.63, 3.8) is 0 Å². The van der Waals surface area contributed by atoms with Gasteiger partial charge < -0.3 is 10.6 Å². The van der Waals surface area contributed by atoms with E-state index in [4.69, 9.17) is 17.3 Å². The van der Waals surface area contributed by atoms with Crippen LogP contribution in [0, 0.1) is 5.92 Å². The zero-order valence-electron chi connectivity index (χ0n) is 12.9. The van der Waals surface area contributed by atoms with Crippen LogP contribution in [0.3, 0.4) is 0 Å². The fourth-order valence-corrected chi connectivity index (χ4v) is 3.75. The average molecular weight is 343 g/mol. The first kappa shape index (κ1) is 17.6. The highest BCUT2D eigenvalue weighted by Crippen LogP contribution is 2.39. The summed E-state index contributed by atoms with van der Waals surface area (Å²) < 4.78 is 0. The molecular weight excluding hydrogens is 319 g/mol. The molecule has 2 saturated carbocycles. The number of nitrogens with zero attached hydrogens (tertiary/aromatic N) is 1. The van der Waals surface area contributed by atoms with Crippen LogP contribution < -0.4 is 5.73 Å². The predicted molar refractivity (Wildman–Crippen MR) is 92.3 cm³/mol. The number of hydrogen-bond acceptors (Lipinski definition) is 2. The Morgan fingerprint density at radius 3 is 2.50 bits per heavy atom. The van der Waals surface area contributed by atoms with Gasteiger partial charge in [-0.2, -0.15) is 0 Å². The molecule has 0 saturated heterocycles. The smallest absolute Gasteiger partial charge is 0.226 e. The summed E-state index contributed by atoms with van der Waals surface area (Å²) in [6.45, 7) is 2.09. The van der Waals surface area contributed by atoms with Gasteiger partial charge in [-0.15, -0.1) is 12.4 Å². The van der Waals surface area contributed by atoms with Crippen molar-refractivity contribution in [1.29, 1.82) is 0 Å². The van der Waals surface area contributed by atoms with Gasteiger partial charge in [-0.3, -0.25) is 4.79 Å². The highest BCUT2D eigenvalue weighted by atomic mass is 35.5. The van der Waals surface area contributed by atoms with Crippen molar-refractivity contribution in [2.24, 2.45) is 11.7 Å². The number of carbonyl (C=O) groups excluding carboxylic acids is 1. The van der Waals surface area contributed by atoms with Crippen LogP contribution in [0.25, 0.3) is 0 Å². The van der Waals surface area contributed by atoms with Crippen molar-refractivity contribution in [2.45, 2.75) is 57.2 Å². The van der Waals surface area contributed by atoms with Gasteiger partial charge in [0.15, 0.2) is 0 Å². The fraction of sp³-hybridized carbons (Fsp3) is 0.588. The Labute approximate surface area is 143 Å². The van der Waals surface area contributed by atoms with E-state index < -0.39 is 0 Å². The Kier molecular flexibility index (Phi) is 5.76. The standard InChI is InChI=1S/C17H23ClN2O.ClH/c1-11(15-4-2-3-5-16(15)18)20(14-8-9-14)17(21)12-6-7-13(19)10-12;/h2-5,11-14H,6-10,19H2,1H3;1H. The van der Waals surface area contributed by atoms with Crippen molar-refractivity contribution < 1.29 is 4.79 Å². The highest BCUT2D eigenvalue weighted by molar-refractivity contribution is 6.31. The van der Waals surface area contributed by atoms with E-state index in [2.05, 4.69) is 11.8 Å². The first-order chi connectivity index (χ1) is 10.1. The molecule has 3 nitrogen and oxygen atoms in total. The number of carbonyl (C=O) groups is 1. The molecule has 22 heavy (non-hydrogen) atoms. The second-order valence-electron chi connectivity index (χ2n) is 6.44. The third kappa shape index (κ3) is 3.58. The Balaban J connectivity index is 0.00000176. The number of nitrogens with two attached hydrogens (primary N) is 1. The topological polar surface area (TPSA) is 46.3 Å². The Hall–Kier alpha value is -0.770. The first-order valence-electron chi connectivity index (χ1n) is 7.90. The molecule has 5 heteroatoms. The van der Waals surface area contributed by atoms with Gasteiger partial charge in [-0.05, 0) is 50.7 Å². The fourth-order valence-electron chi connectivity index (χ4n) is 3.46. The summed E-state index contributed by atoms with van der Waals surface area (Å²) in [6.07, 6.45) is 4.95. The molecule has 3 rings (SSSR count). The maximum absolute atomic E-state index is 12.9. The van der Waals surface area contributed by atoms with Gasteiger partial charge in [0.1, 0.15) is 0 Å². The summed E-state index contributed by atoms with van der Waals surface area (Å²) in [5.74, 6) is 0.378. The monoisotopic (exact) mass is 342 g/mol. The van der Waals surface area contributed by atoms with E-state index in [1.54, 1.807) is 0 Å². The van der Waals surface area contributed by atoms with Crippen molar-refractivity contribution in [3.8, 4) is 0 Å². The minimum atomic E-state index is 0. The average Bonchev–Trinajstić information content (AvgIpc) is 3.20. The van der Waals surface area contributed by atoms with Gasteiger partial charge in [0, 0.05) is 23.0 Å². The molecule has 1 amide bonds. The van der Waals surface area contributed by atoms with Crippen LogP contribution >= 0.6 is 24.0 Å². The lowest BCUT2D eigenvalue weighted by Gasteiger charge is -2.32. The second-order valence-corrected chi connectivity index (χ2v) is 6.85. The summed E-state index contributed by atoms with van der Waals surface area (Å²) >= 11 is 6.32. The van der Waals surface area contributed by atoms with Crippen LogP contribution in [0.5, 0.6) is 0 Å². The van der Waals surface area contributed by atoms with Crippen LogP contribution in [-0.4, -0.2) is 22.9 Å². The molecule has 2 aliphatic rings. The third-order valence-corrected chi connectivity index (χ3v) is 5.13. The van der Waals surface area contributed by atoms with E-state index in [1.807, 2.05) is 24.3 Å². The summed E-state index contributed by atoms with van der Waals surface area (Å²) in [6, 6.07) is 8.45. The van der Waals surface area contributed by atoms with Crippen LogP contribution in [0.4, 0.5) is 0 Å². The highest BCUT2D eigenvalue weighted by Gasteiger charge is 2.41. The molecule has 1 aromatic carbocycles. The van der Waals surface area contributed by atoms with E-state index in [0.29, 0.717) is 6.04 Å².